The van der Waals surface area contributed by atoms with Crippen LogP contribution < -0.4 is 5.32 Å². The second kappa shape index (κ2) is 9.09. The maximum atomic E-state index is 12.7. The molecule has 2 aliphatic rings. The molecule has 6 nitrogen and oxygen atoms in total. The van der Waals surface area contributed by atoms with E-state index in [0.717, 1.165) is 38.9 Å². The minimum atomic E-state index is -0.0344. The summed E-state index contributed by atoms with van der Waals surface area (Å²) in [6.45, 7) is 7.61. The van der Waals surface area contributed by atoms with Gasteiger partial charge in [-0.3, -0.25) is 14.4 Å². The van der Waals surface area contributed by atoms with E-state index in [0.29, 0.717) is 19.1 Å². The number of amides is 1. The molecule has 1 aliphatic heterocycles. The van der Waals surface area contributed by atoms with E-state index in [1.807, 2.05) is 12.3 Å². The Morgan fingerprint density at radius 2 is 2.14 bits per heavy atom. The van der Waals surface area contributed by atoms with Crippen molar-refractivity contribution in [1.82, 2.24) is 20.0 Å². The number of aryl methyl sites for hydroxylation is 1. The summed E-state index contributed by atoms with van der Waals surface area (Å²) in [5.41, 5.74) is 3.91. The molecule has 0 spiro atoms. The van der Waals surface area contributed by atoms with Crippen LogP contribution in [0.25, 0.3) is 0 Å². The molecule has 4 rings (SSSR count). The Labute approximate surface area is 173 Å². The van der Waals surface area contributed by atoms with Crippen molar-refractivity contribution < 1.29 is 9.53 Å². The zero-order valence-electron chi connectivity index (χ0n) is 17.5. The third kappa shape index (κ3) is 5.06. The number of benzene rings is 1. The molecular formula is C23H32N4O2. The molecule has 2 heterocycles. The molecule has 0 radical (unpaired) electrons. The monoisotopic (exact) mass is 396 g/mol. The first-order chi connectivity index (χ1) is 14.1. The van der Waals surface area contributed by atoms with Crippen molar-refractivity contribution >= 4 is 5.91 Å². The highest BCUT2D eigenvalue weighted by Crippen LogP contribution is 2.24. The molecule has 1 aromatic carbocycles. The van der Waals surface area contributed by atoms with Crippen molar-refractivity contribution in [2.45, 2.75) is 64.3 Å². The quantitative estimate of drug-likeness (QED) is 0.816. The summed E-state index contributed by atoms with van der Waals surface area (Å²) in [5, 5.41) is 7.77. The number of hydrogen-bond acceptors (Lipinski definition) is 4. The van der Waals surface area contributed by atoms with Gasteiger partial charge >= 0.3 is 0 Å². The van der Waals surface area contributed by atoms with Gasteiger partial charge in [0.05, 0.1) is 25.3 Å². The molecule has 1 fully saturated rings. The third-order valence-corrected chi connectivity index (χ3v) is 5.93. The van der Waals surface area contributed by atoms with Crippen molar-refractivity contribution in [3.63, 3.8) is 0 Å². The summed E-state index contributed by atoms with van der Waals surface area (Å²) in [7, 11) is 0. The van der Waals surface area contributed by atoms with E-state index in [9.17, 15) is 4.79 Å². The number of fused-ring (bicyclic) bond motifs is 1. The van der Waals surface area contributed by atoms with Crippen molar-refractivity contribution in [3.05, 3.63) is 53.3 Å². The lowest BCUT2D eigenvalue weighted by Gasteiger charge is -2.33. The average molecular weight is 397 g/mol. The third-order valence-electron chi connectivity index (χ3n) is 5.93. The highest BCUT2D eigenvalue weighted by molar-refractivity contribution is 5.76. The fourth-order valence-corrected chi connectivity index (χ4v) is 4.47. The van der Waals surface area contributed by atoms with Gasteiger partial charge in [0.25, 0.3) is 0 Å². The van der Waals surface area contributed by atoms with Gasteiger partial charge in [-0.2, -0.15) is 5.10 Å². The van der Waals surface area contributed by atoms with Crippen LogP contribution in [-0.2, 0) is 28.9 Å². The van der Waals surface area contributed by atoms with E-state index >= 15 is 0 Å². The molecule has 156 valence electrons. The van der Waals surface area contributed by atoms with Crippen LogP contribution in [0.3, 0.4) is 0 Å². The Hall–Kier alpha value is -2.18. The summed E-state index contributed by atoms with van der Waals surface area (Å²) >= 11 is 0. The summed E-state index contributed by atoms with van der Waals surface area (Å²) in [4.78, 5) is 15.1. The molecule has 2 atom stereocenters. The lowest BCUT2D eigenvalue weighted by molar-refractivity contribution is -0.126. The van der Waals surface area contributed by atoms with Gasteiger partial charge in [0.15, 0.2) is 0 Å². The number of hydrogen-bond donors (Lipinski definition) is 1. The van der Waals surface area contributed by atoms with E-state index in [1.54, 1.807) is 0 Å². The normalized spacial score (nSPS) is 22.4. The number of carbonyl (C=O) groups is 1. The van der Waals surface area contributed by atoms with Crippen LogP contribution in [0.15, 0.2) is 36.5 Å². The Morgan fingerprint density at radius 3 is 2.93 bits per heavy atom. The molecule has 0 unspecified atom stereocenters. The fraction of sp³-hybridized carbons (Fsp3) is 0.565. The molecule has 1 N–H and O–H groups in total. The number of rotatable bonds is 6. The molecule has 29 heavy (non-hydrogen) atoms. The predicted molar refractivity (Wildman–Crippen MR) is 113 cm³/mol. The Kier molecular flexibility index (Phi) is 6.31. The molecule has 1 saturated heterocycles. The van der Waals surface area contributed by atoms with Crippen molar-refractivity contribution in [2.75, 3.05) is 19.7 Å². The average Bonchev–Trinajstić information content (AvgIpc) is 3.12. The first kappa shape index (κ1) is 20.1. The molecule has 6 heteroatoms. The van der Waals surface area contributed by atoms with Gasteiger partial charge in [-0.1, -0.05) is 30.3 Å². The van der Waals surface area contributed by atoms with Gasteiger partial charge < -0.3 is 10.1 Å². The molecule has 0 bridgehead atoms. The van der Waals surface area contributed by atoms with Crippen LogP contribution in [0.5, 0.6) is 0 Å². The Morgan fingerprint density at radius 1 is 1.31 bits per heavy atom. The Bertz CT molecular complexity index is 818. The van der Waals surface area contributed by atoms with Crippen LogP contribution in [0, 0.1) is 0 Å². The standard InChI is InChI=1S/C23H32N4O2/c1-17(2)27-22-12-20(9-8-19(22)14-24-27)25-23(28)13-21-16-26(10-11-29-21)15-18-6-4-3-5-7-18/h3-7,14,17,20-21H,8-13,15-16H2,1-2H3,(H,25,28)/t20-,21+/m1/s1. The van der Waals surface area contributed by atoms with Gasteiger partial charge in [-0.25, -0.2) is 0 Å². The summed E-state index contributed by atoms with van der Waals surface area (Å²) < 4.78 is 7.98. The van der Waals surface area contributed by atoms with Crippen LogP contribution in [0.2, 0.25) is 0 Å². The van der Waals surface area contributed by atoms with Crippen molar-refractivity contribution in [1.29, 1.82) is 0 Å². The maximum Gasteiger partial charge on any atom is 0.222 e. The fourth-order valence-electron chi connectivity index (χ4n) is 4.47. The zero-order valence-corrected chi connectivity index (χ0v) is 17.5. The summed E-state index contributed by atoms with van der Waals surface area (Å²) in [6, 6.07) is 11.0. The largest absolute Gasteiger partial charge is 0.375 e. The van der Waals surface area contributed by atoms with Crippen LogP contribution in [-0.4, -0.2) is 52.4 Å². The first-order valence-corrected chi connectivity index (χ1v) is 10.8. The molecule has 2 aromatic rings. The lowest BCUT2D eigenvalue weighted by atomic mass is 9.93. The van der Waals surface area contributed by atoms with E-state index in [2.05, 4.69) is 58.1 Å². The van der Waals surface area contributed by atoms with Gasteiger partial charge in [0, 0.05) is 43.8 Å². The Balaban J connectivity index is 1.28. The molecule has 1 aliphatic carbocycles. The van der Waals surface area contributed by atoms with Crippen LogP contribution in [0.4, 0.5) is 0 Å². The van der Waals surface area contributed by atoms with E-state index in [-0.39, 0.29) is 18.1 Å². The second-order valence-corrected chi connectivity index (χ2v) is 8.58. The minimum absolute atomic E-state index is 0.0344. The highest BCUT2D eigenvalue weighted by Gasteiger charge is 2.27. The zero-order chi connectivity index (χ0) is 20.2. The SMILES string of the molecule is CC(C)n1ncc2c1C[C@H](NC(=O)C[C@H]1CN(Cc3ccccc3)CCO1)CC2. The van der Waals surface area contributed by atoms with Gasteiger partial charge in [0.2, 0.25) is 5.91 Å². The first-order valence-electron chi connectivity index (χ1n) is 10.8. The van der Waals surface area contributed by atoms with Crippen LogP contribution in [0.1, 0.15) is 49.6 Å². The predicted octanol–water partition coefficient (Wildman–Crippen LogP) is 2.73. The number of aromatic nitrogens is 2. The lowest BCUT2D eigenvalue weighted by Crippen LogP contribution is -2.46. The summed E-state index contributed by atoms with van der Waals surface area (Å²) in [5.74, 6) is 0.0978. The number of nitrogens with one attached hydrogen (secondary N) is 1. The smallest absolute Gasteiger partial charge is 0.222 e. The van der Waals surface area contributed by atoms with Gasteiger partial charge in [-0.05, 0) is 37.8 Å². The van der Waals surface area contributed by atoms with Gasteiger partial charge in [-0.15, -0.1) is 0 Å². The maximum absolute atomic E-state index is 12.7. The second-order valence-electron chi connectivity index (χ2n) is 8.58. The topological polar surface area (TPSA) is 59.4 Å². The minimum Gasteiger partial charge on any atom is -0.375 e. The number of nitrogens with zero attached hydrogens (tertiary/aromatic N) is 3. The molecule has 1 aromatic heterocycles. The van der Waals surface area contributed by atoms with Crippen LogP contribution >= 0.6 is 0 Å². The number of ether oxygens (including phenoxy) is 1. The summed E-state index contributed by atoms with van der Waals surface area (Å²) in [6.07, 6.45) is 5.22. The molecule has 1 amide bonds. The number of morpholine rings is 1. The van der Waals surface area contributed by atoms with E-state index in [1.165, 1.54) is 16.8 Å². The van der Waals surface area contributed by atoms with Crippen molar-refractivity contribution in [2.24, 2.45) is 0 Å². The molecular weight excluding hydrogens is 364 g/mol. The van der Waals surface area contributed by atoms with E-state index < -0.39 is 0 Å². The molecule has 0 saturated carbocycles. The highest BCUT2D eigenvalue weighted by atomic mass is 16.5. The number of carbonyl (C=O) groups excluding carboxylic acids is 1. The van der Waals surface area contributed by atoms with E-state index in [4.69, 9.17) is 4.74 Å². The van der Waals surface area contributed by atoms with Crippen molar-refractivity contribution in [3.8, 4) is 0 Å². The van der Waals surface area contributed by atoms with Gasteiger partial charge in [0.1, 0.15) is 0 Å².